The van der Waals surface area contributed by atoms with Crippen molar-refractivity contribution in [3.63, 3.8) is 0 Å². The van der Waals surface area contributed by atoms with Gasteiger partial charge in [-0.2, -0.15) is 13.2 Å². The average molecular weight is 574 g/mol. The van der Waals surface area contributed by atoms with Crippen molar-refractivity contribution >= 4 is 55.7 Å². The Morgan fingerprint density at radius 2 is 1.62 bits per heavy atom. The highest BCUT2D eigenvalue weighted by molar-refractivity contribution is 9.10. The van der Waals surface area contributed by atoms with Gasteiger partial charge in [0, 0.05) is 39.4 Å². The molecule has 190 valence electrons. The van der Waals surface area contributed by atoms with E-state index >= 15 is 0 Å². The molecule has 0 saturated heterocycles. The van der Waals surface area contributed by atoms with Crippen LogP contribution in [0.1, 0.15) is 16.1 Å². The summed E-state index contributed by atoms with van der Waals surface area (Å²) in [6.45, 7) is 0. The third-order valence-electron chi connectivity index (χ3n) is 5.19. The highest BCUT2D eigenvalue weighted by Crippen LogP contribution is 2.36. The van der Waals surface area contributed by atoms with Crippen molar-refractivity contribution in [1.29, 1.82) is 0 Å². The van der Waals surface area contributed by atoms with Crippen LogP contribution in [0.2, 0.25) is 0 Å². The van der Waals surface area contributed by atoms with Gasteiger partial charge in [-0.1, -0.05) is 15.9 Å². The van der Waals surface area contributed by atoms with Gasteiger partial charge >= 0.3 is 12.2 Å². The zero-order chi connectivity index (χ0) is 26.7. The third kappa shape index (κ3) is 5.92. The first-order valence-corrected chi connectivity index (χ1v) is 11.5. The van der Waals surface area contributed by atoms with E-state index < -0.39 is 17.8 Å². The van der Waals surface area contributed by atoms with Gasteiger partial charge in [-0.3, -0.25) is 4.79 Å². The van der Waals surface area contributed by atoms with Crippen LogP contribution >= 0.6 is 15.9 Å². The Labute approximate surface area is 217 Å². The lowest BCUT2D eigenvalue weighted by molar-refractivity contribution is -0.138. The van der Waals surface area contributed by atoms with E-state index in [-0.39, 0.29) is 21.8 Å². The van der Waals surface area contributed by atoms with E-state index in [4.69, 9.17) is 10.5 Å². The Kier molecular flexibility index (Phi) is 7.21. The maximum atomic E-state index is 13.1. The molecule has 0 aliphatic carbocycles. The summed E-state index contributed by atoms with van der Waals surface area (Å²) in [7, 11) is 1.50. The van der Waals surface area contributed by atoms with Gasteiger partial charge in [-0.05, 0) is 60.7 Å². The lowest BCUT2D eigenvalue weighted by Crippen LogP contribution is -2.20. The van der Waals surface area contributed by atoms with Crippen molar-refractivity contribution in [3.05, 3.63) is 82.6 Å². The molecule has 0 unspecified atom stereocenters. The number of nitrogens with zero attached hydrogens (tertiary/aromatic N) is 1. The van der Waals surface area contributed by atoms with Gasteiger partial charge in [0.2, 0.25) is 0 Å². The van der Waals surface area contributed by atoms with E-state index in [1.165, 1.54) is 25.4 Å². The van der Waals surface area contributed by atoms with E-state index in [2.05, 4.69) is 36.9 Å². The Balaban J connectivity index is 1.47. The summed E-state index contributed by atoms with van der Waals surface area (Å²) in [5, 5.41) is 8.60. The number of anilines is 3. The maximum absolute atomic E-state index is 13.1. The summed E-state index contributed by atoms with van der Waals surface area (Å²) in [4.78, 5) is 28.7. The summed E-state index contributed by atoms with van der Waals surface area (Å²) in [5.41, 5.74) is 6.00. The molecule has 0 aliphatic heterocycles. The summed E-state index contributed by atoms with van der Waals surface area (Å²) >= 11 is 2.86. The van der Waals surface area contributed by atoms with E-state index in [0.717, 1.165) is 6.07 Å². The number of halogens is 4. The fraction of sp³-hybridized carbons (Fsp3) is 0.0800. The molecule has 4 aromatic rings. The highest BCUT2D eigenvalue weighted by Gasteiger charge is 2.33. The van der Waals surface area contributed by atoms with Crippen molar-refractivity contribution in [1.82, 2.24) is 10.3 Å². The number of carbonyl (C=O) groups is 2. The van der Waals surface area contributed by atoms with Crippen LogP contribution in [0.4, 0.5) is 35.0 Å². The Morgan fingerprint density at radius 3 is 2.30 bits per heavy atom. The van der Waals surface area contributed by atoms with Gasteiger partial charge < -0.3 is 26.4 Å². The Bertz CT molecular complexity index is 1490. The molecule has 5 N–H and O–H groups in total. The van der Waals surface area contributed by atoms with Crippen molar-refractivity contribution < 1.29 is 27.5 Å². The van der Waals surface area contributed by atoms with Crippen LogP contribution in [0.3, 0.4) is 0 Å². The molecule has 0 spiro atoms. The number of alkyl halides is 3. The molecule has 1 aromatic heterocycles. The van der Waals surface area contributed by atoms with Gasteiger partial charge in [0.1, 0.15) is 11.4 Å². The zero-order valence-corrected chi connectivity index (χ0v) is 20.7. The van der Waals surface area contributed by atoms with Gasteiger partial charge in [-0.15, -0.1) is 0 Å². The van der Waals surface area contributed by atoms with Crippen LogP contribution in [0.5, 0.6) is 11.5 Å². The summed E-state index contributed by atoms with van der Waals surface area (Å²) in [6.07, 6.45) is -3.14. The number of urea groups is 1. The van der Waals surface area contributed by atoms with Crippen LogP contribution in [0.25, 0.3) is 10.8 Å². The zero-order valence-electron chi connectivity index (χ0n) is 19.1. The highest BCUT2D eigenvalue weighted by atomic mass is 79.9. The van der Waals surface area contributed by atoms with Crippen LogP contribution in [0.15, 0.2) is 71.3 Å². The predicted molar refractivity (Wildman–Crippen MR) is 138 cm³/mol. The second-order valence-corrected chi connectivity index (χ2v) is 8.61. The van der Waals surface area contributed by atoms with Gasteiger partial charge in [0.25, 0.3) is 5.91 Å². The van der Waals surface area contributed by atoms with Crippen molar-refractivity contribution in [2.24, 2.45) is 0 Å². The standard InChI is InChI=1S/C25H19BrF3N5O3/c1-31-23(35)22-18-10-13(30)2-8-17(18)21(12-32-22)37-16-6-3-14(4-7-16)33-24(36)34-15-5-9-20(26)19(11-15)25(27,28)29/h2-12H,30H2,1H3,(H,31,35)(H2,33,34,36). The van der Waals surface area contributed by atoms with Crippen molar-refractivity contribution in [2.75, 3.05) is 23.4 Å². The number of hydrogen-bond donors (Lipinski definition) is 4. The molecule has 0 bridgehead atoms. The predicted octanol–water partition coefficient (Wildman–Crippen LogP) is 6.39. The summed E-state index contributed by atoms with van der Waals surface area (Å²) in [6, 6.07) is 14.0. The minimum absolute atomic E-state index is 0.0202. The maximum Gasteiger partial charge on any atom is 0.417 e. The second kappa shape index (κ2) is 10.3. The first kappa shape index (κ1) is 25.8. The van der Waals surface area contributed by atoms with Gasteiger partial charge in [-0.25, -0.2) is 9.78 Å². The molecular formula is C25H19BrF3N5O3. The fourth-order valence-electron chi connectivity index (χ4n) is 3.46. The summed E-state index contributed by atoms with van der Waals surface area (Å²) < 4.78 is 45.1. The minimum atomic E-state index is -4.57. The number of benzene rings is 3. The van der Waals surface area contributed by atoms with Crippen LogP contribution < -0.4 is 26.4 Å². The number of pyridine rings is 1. The number of rotatable bonds is 5. The van der Waals surface area contributed by atoms with Gasteiger partial charge in [0.15, 0.2) is 5.75 Å². The first-order valence-electron chi connectivity index (χ1n) is 10.7. The van der Waals surface area contributed by atoms with E-state index in [9.17, 15) is 22.8 Å². The largest absolute Gasteiger partial charge is 0.455 e. The lowest BCUT2D eigenvalue weighted by Gasteiger charge is -2.13. The number of nitrogens with two attached hydrogens (primary N) is 1. The third-order valence-corrected chi connectivity index (χ3v) is 5.88. The van der Waals surface area contributed by atoms with E-state index in [1.54, 1.807) is 42.5 Å². The molecule has 0 saturated carbocycles. The van der Waals surface area contributed by atoms with Crippen molar-refractivity contribution in [3.8, 4) is 11.5 Å². The molecule has 4 rings (SSSR count). The number of aromatic nitrogens is 1. The number of fused-ring (bicyclic) bond motifs is 1. The van der Waals surface area contributed by atoms with Crippen LogP contribution in [0, 0.1) is 0 Å². The molecule has 1 heterocycles. The molecule has 3 aromatic carbocycles. The first-order chi connectivity index (χ1) is 17.5. The monoisotopic (exact) mass is 573 g/mol. The number of hydrogen-bond acceptors (Lipinski definition) is 5. The molecule has 8 nitrogen and oxygen atoms in total. The molecule has 0 radical (unpaired) electrons. The van der Waals surface area contributed by atoms with Crippen LogP contribution in [-0.2, 0) is 6.18 Å². The molecule has 0 atom stereocenters. The number of nitrogen functional groups attached to an aromatic ring is 1. The molecule has 0 aliphatic rings. The number of nitrogens with one attached hydrogen (secondary N) is 3. The average Bonchev–Trinajstić information content (AvgIpc) is 2.85. The SMILES string of the molecule is CNC(=O)c1ncc(Oc2ccc(NC(=O)Nc3ccc(Br)c(C(F)(F)F)c3)cc2)c2ccc(N)cc12. The second-order valence-electron chi connectivity index (χ2n) is 7.75. The van der Waals surface area contributed by atoms with Crippen molar-refractivity contribution in [2.45, 2.75) is 6.18 Å². The minimum Gasteiger partial charge on any atom is -0.455 e. The van der Waals surface area contributed by atoms with E-state index in [1.807, 2.05) is 0 Å². The summed E-state index contributed by atoms with van der Waals surface area (Å²) in [5.74, 6) is 0.437. The Hall–Kier alpha value is -4.32. The van der Waals surface area contributed by atoms with Crippen LogP contribution in [-0.4, -0.2) is 24.0 Å². The number of ether oxygens (including phenoxy) is 1. The molecule has 3 amide bonds. The fourth-order valence-corrected chi connectivity index (χ4v) is 3.93. The number of carbonyl (C=O) groups excluding carboxylic acids is 2. The molecule has 0 fully saturated rings. The topological polar surface area (TPSA) is 118 Å². The molecular weight excluding hydrogens is 555 g/mol. The lowest BCUT2D eigenvalue weighted by atomic mass is 10.1. The van der Waals surface area contributed by atoms with E-state index in [0.29, 0.717) is 33.6 Å². The molecule has 12 heteroatoms. The quantitative estimate of drug-likeness (QED) is 0.206. The Morgan fingerprint density at radius 1 is 0.946 bits per heavy atom. The smallest absolute Gasteiger partial charge is 0.417 e. The number of amides is 3. The van der Waals surface area contributed by atoms with Gasteiger partial charge in [0.05, 0.1) is 11.8 Å². The normalized spacial score (nSPS) is 11.2. The molecule has 37 heavy (non-hydrogen) atoms.